The lowest BCUT2D eigenvalue weighted by Crippen LogP contribution is -2.63. The van der Waals surface area contributed by atoms with Crippen molar-refractivity contribution in [3.05, 3.63) is 11.0 Å². The number of hydrogen-bond acceptors (Lipinski definition) is 11. The molecule has 178 valence electrons. The molecule has 3 rings (SSSR count). The first-order chi connectivity index (χ1) is 15.2. The van der Waals surface area contributed by atoms with Gasteiger partial charge in [0.1, 0.15) is 17.5 Å². The highest BCUT2D eigenvalue weighted by Crippen LogP contribution is 2.28. The van der Waals surface area contributed by atoms with E-state index < -0.39 is 24.4 Å². The minimum Gasteiger partial charge on any atom is -0.358 e. The number of halogens is 1. The summed E-state index contributed by atoms with van der Waals surface area (Å²) in [5.41, 5.74) is -0.304. The van der Waals surface area contributed by atoms with Crippen LogP contribution in [0.25, 0.3) is 0 Å². The first-order valence-corrected chi connectivity index (χ1v) is 10.6. The van der Waals surface area contributed by atoms with Crippen molar-refractivity contribution >= 4 is 23.4 Å². The van der Waals surface area contributed by atoms with E-state index in [2.05, 4.69) is 41.9 Å². The molecule has 3 heterocycles. The molecule has 0 bridgehead atoms. The molecule has 2 fully saturated rings. The van der Waals surface area contributed by atoms with Crippen LogP contribution in [0.3, 0.4) is 0 Å². The lowest BCUT2D eigenvalue weighted by Gasteiger charge is -2.40. The second-order valence-electron chi connectivity index (χ2n) is 8.31. The highest BCUT2D eigenvalue weighted by Gasteiger charge is 2.46. The van der Waals surface area contributed by atoms with E-state index in [1.165, 1.54) is 5.01 Å². The zero-order valence-corrected chi connectivity index (χ0v) is 18.7. The van der Waals surface area contributed by atoms with Crippen molar-refractivity contribution in [2.75, 3.05) is 19.6 Å². The SMILES string of the molecule is CC(C)C(=O)N1CCC2(CC1)CN(N)C(NC(=O)C1NC(Cl)=C(N=NN)NC1N=NN)N2. The van der Waals surface area contributed by atoms with Crippen LogP contribution in [0.4, 0.5) is 0 Å². The van der Waals surface area contributed by atoms with Crippen LogP contribution < -0.4 is 38.8 Å². The van der Waals surface area contributed by atoms with Crippen molar-refractivity contribution < 1.29 is 9.59 Å². The second kappa shape index (κ2) is 9.81. The van der Waals surface area contributed by atoms with E-state index in [1.807, 2.05) is 18.7 Å². The van der Waals surface area contributed by atoms with Gasteiger partial charge < -0.3 is 32.5 Å². The van der Waals surface area contributed by atoms with Crippen LogP contribution in [-0.2, 0) is 9.59 Å². The molecule has 0 aliphatic carbocycles. The third kappa shape index (κ3) is 5.01. The van der Waals surface area contributed by atoms with E-state index in [-0.39, 0.29) is 28.3 Å². The summed E-state index contributed by atoms with van der Waals surface area (Å²) in [7, 11) is 0. The van der Waals surface area contributed by atoms with Gasteiger partial charge in [-0.25, -0.2) is 5.01 Å². The minimum absolute atomic E-state index is 0.0328. The summed E-state index contributed by atoms with van der Waals surface area (Å²) in [6.07, 6.45) is -0.0865. The van der Waals surface area contributed by atoms with Gasteiger partial charge in [0.25, 0.3) is 0 Å². The van der Waals surface area contributed by atoms with Gasteiger partial charge in [-0.05, 0) is 12.8 Å². The van der Waals surface area contributed by atoms with Crippen molar-refractivity contribution in [3.8, 4) is 0 Å². The molecule has 10 N–H and O–H groups in total. The average Bonchev–Trinajstić information content (AvgIpc) is 3.04. The largest absolute Gasteiger partial charge is 0.358 e. The molecule has 3 aliphatic heterocycles. The Kier molecular flexibility index (Phi) is 7.33. The molecule has 16 heteroatoms. The number of nitrogens with one attached hydrogen (secondary N) is 4. The van der Waals surface area contributed by atoms with Gasteiger partial charge in [-0.15, -0.1) is 10.2 Å². The molecule has 0 aromatic rings. The smallest absolute Gasteiger partial charge is 0.249 e. The molecule has 0 aromatic heterocycles. The Bertz CT molecular complexity index is 808. The monoisotopic (exact) mass is 471 g/mol. The fraction of sp³-hybridized carbons (Fsp3) is 0.750. The standard InChI is InChI=1S/C16H30ClN13O2/c1-8(2)14(32)29-5-3-16(4-6-29)7-30(20)15(24-16)23-13(31)9-11(25-27-18)22-12(26-28-19)10(17)21-9/h8-9,11,15,21-22,24H,3-7,20H2,1-2H3,(H2,18,25)(H2,19,26)(H,23,31). The Morgan fingerprint density at radius 1 is 1.22 bits per heavy atom. The molecular weight excluding hydrogens is 442 g/mol. The molecule has 15 nitrogen and oxygen atoms in total. The fourth-order valence-electron chi connectivity index (χ4n) is 4.10. The molecule has 2 saturated heterocycles. The summed E-state index contributed by atoms with van der Waals surface area (Å²) in [5.74, 6) is 16.2. The molecule has 2 amide bonds. The zero-order chi connectivity index (χ0) is 23.5. The topological polar surface area (TPSA) is 216 Å². The molecule has 0 aromatic carbocycles. The Hall–Kier alpha value is -2.75. The number of piperidine rings is 1. The molecule has 1 spiro atoms. The van der Waals surface area contributed by atoms with Crippen LogP contribution in [0, 0.1) is 5.92 Å². The van der Waals surface area contributed by atoms with Crippen LogP contribution in [0.15, 0.2) is 31.7 Å². The van der Waals surface area contributed by atoms with Crippen LogP contribution in [0.2, 0.25) is 0 Å². The summed E-state index contributed by atoms with van der Waals surface area (Å²) in [6, 6.07) is -0.955. The quantitative estimate of drug-likeness (QED) is 0.103. The Labute approximate surface area is 190 Å². The number of carbonyl (C=O) groups excluding carboxylic acids is 2. The maximum Gasteiger partial charge on any atom is 0.249 e. The molecule has 32 heavy (non-hydrogen) atoms. The predicted octanol–water partition coefficient (Wildman–Crippen LogP) is -1.91. The average molecular weight is 472 g/mol. The third-order valence-electron chi connectivity index (χ3n) is 5.79. The van der Waals surface area contributed by atoms with Crippen molar-refractivity contribution in [1.82, 2.24) is 31.2 Å². The number of carbonyl (C=O) groups is 2. The lowest BCUT2D eigenvalue weighted by molar-refractivity contribution is -0.136. The Morgan fingerprint density at radius 3 is 2.50 bits per heavy atom. The number of nitrogens with zero attached hydrogens (tertiary/aromatic N) is 6. The molecule has 3 unspecified atom stereocenters. The minimum atomic E-state index is -0.955. The maximum atomic E-state index is 13.0. The maximum absolute atomic E-state index is 13.0. The van der Waals surface area contributed by atoms with Gasteiger partial charge in [0, 0.05) is 31.1 Å². The molecule has 3 atom stereocenters. The number of hydrazine groups is 1. The van der Waals surface area contributed by atoms with Crippen LogP contribution in [0.1, 0.15) is 26.7 Å². The Morgan fingerprint density at radius 2 is 1.91 bits per heavy atom. The number of amides is 2. The van der Waals surface area contributed by atoms with E-state index in [0.717, 1.165) is 12.8 Å². The van der Waals surface area contributed by atoms with Gasteiger partial charge in [-0.1, -0.05) is 35.9 Å². The molecule has 0 radical (unpaired) electrons. The van der Waals surface area contributed by atoms with E-state index in [1.54, 1.807) is 0 Å². The number of likely N-dealkylation sites (tertiary alicyclic amines) is 1. The van der Waals surface area contributed by atoms with E-state index in [9.17, 15) is 9.59 Å². The van der Waals surface area contributed by atoms with Crippen molar-refractivity contribution in [1.29, 1.82) is 0 Å². The van der Waals surface area contributed by atoms with Gasteiger partial charge >= 0.3 is 0 Å². The first kappa shape index (κ1) is 23.9. The van der Waals surface area contributed by atoms with Crippen LogP contribution >= 0.6 is 11.6 Å². The Balaban J connectivity index is 1.63. The van der Waals surface area contributed by atoms with Crippen molar-refractivity contribution in [2.45, 2.75) is 50.7 Å². The summed E-state index contributed by atoms with van der Waals surface area (Å²) in [4.78, 5) is 27.1. The summed E-state index contributed by atoms with van der Waals surface area (Å²) in [6.45, 7) is 5.56. The third-order valence-corrected chi connectivity index (χ3v) is 6.07. The van der Waals surface area contributed by atoms with E-state index in [0.29, 0.717) is 19.6 Å². The van der Waals surface area contributed by atoms with E-state index in [4.69, 9.17) is 29.1 Å². The highest BCUT2D eigenvalue weighted by molar-refractivity contribution is 6.29. The van der Waals surface area contributed by atoms with Gasteiger partial charge in [0.05, 0.1) is 0 Å². The van der Waals surface area contributed by atoms with Gasteiger partial charge in [-0.3, -0.25) is 20.7 Å². The van der Waals surface area contributed by atoms with Crippen molar-refractivity contribution in [2.24, 2.45) is 44.1 Å². The van der Waals surface area contributed by atoms with Crippen molar-refractivity contribution in [3.63, 3.8) is 0 Å². The number of rotatable bonds is 5. The van der Waals surface area contributed by atoms with Gasteiger partial charge in [0.2, 0.25) is 11.8 Å². The number of nitrogens with two attached hydrogens (primary N) is 3. The molecule has 0 saturated carbocycles. The summed E-state index contributed by atoms with van der Waals surface area (Å²) >= 11 is 6.12. The normalized spacial score (nSPS) is 28.5. The molecular formula is C16H30ClN13O2. The first-order valence-electron chi connectivity index (χ1n) is 10.2. The zero-order valence-electron chi connectivity index (χ0n) is 18.0. The summed E-state index contributed by atoms with van der Waals surface area (Å²) < 4.78 is 0. The number of hydrogen-bond donors (Lipinski definition) is 7. The second-order valence-corrected chi connectivity index (χ2v) is 8.69. The predicted molar refractivity (Wildman–Crippen MR) is 114 cm³/mol. The van der Waals surface area contributed by atoms with Gasteiger partial charge in [-0.2, -0.15) is 0 Å². The van der Waals surface area contributed by atoms with Crippen LogP contribution in [0.5, 0.6) is 0 Å². The lowest BCUT2D eigenvalue weighted by atomic mass is 9.88. The van der Waals surface area contributed by atoms with Gasteiger partial charge in [0.15, 0.2) is 12.0 Å². The highest BCUT2D eigenvalue weighted by atomic mass is 35.5. The fourth-order valence-corrected chi connectivity index (χ4v) is 4.31. The van der Waals surface area contributed by atoms with E-state index >= 15 is 0 Å². The molecule has 3 aliphatic rings. The van der Waals surface area contributed by atoms with Crippen LogP contribution in [-0.4, -0.2) is 65.4 Å². The summed E-state index contributed by atoms with van der Waals surface area (Å²) in [5, 5.41) is 27.2.